The van der Waals surface area contributed by atoms with Crippen molar-refractivity contribution in [2.75, 3.05) is 0 Å². The SMILES string of the molecule is CC(C)Cc1ccc(-c2cc(C(=O)NC3CCCCCCCCCCC3)c3ccccc3n2)cc1. The van der Waals surface area contributed by atoms with Gasteiger partial charge in [0.25, 0.3) is 5.91 Å². The fourth-order valence-electron chi connectivity index (χ4n) is 5.36. The fourth-order valence-corrected chi connectivity index (χ4v) is 5.36. The van der Waals surface area contributed by atoms with E-state index in [1.54, 1.807) is 0 Å². The van der Waals surface area contributed by atoms with E-state index in [9.17, 15) is 4.79 Å². The van der Waals surface area contributed by atoms with Gasteiger partial charge in [-0.05, 0) is 42.9 Å². The first-order chi connectivity index (χ1) is 17.1. The molecule has 1 heterocycles. The minimum absolute atomic E-state index is 0.0402. The molecule has 186 valence electrons. The molecule has 1 aromatic heterocycles. The Kier molecular flexibility index (Phi) is 9.34. The van der Waals surface area contributed by atoms with Crippen molar-refractivity contribution in [1.82, 2.24) is 10.3 Å². The van der Waals surface area contributed by atoms with E-state index >= 15 is 0 Å². The molecule has 0 aliphatic heterocycles. The van der Waals surface area contributed by atoms with E-state index in [0.29, 0.717) is 5.92 Å². The van der Waals surface area contributed by atoms with Gasteiger partial charge in [0.1, 0.15) is 0 Å². The van der Waals surface area contributed by atoms with Crippen LogP contribution in [0.15, 0.2) is 54.6 Å². The molecule has 0 unspecified atom stereocenters. The van der Waals surface area contributed by atoms with Gasteiger partial charge < -0.3 is 5.32 Å². The Hall–Kier alpha value is -2.68. The molecule has 1 fully saturated rings. The molecule has 1 saturated carbocycles. The molecule has 1 N–H and O–H groups in total. The smallest absolute Gasteiger partial charge is 0.252 e. The van der Waals surface area contributed by atoms with Crippen molar-refractivity contribution in [3.05, 3.63) is 65.7 Å². The van der Waals surface area contributed by atoms with Crippen LogP contribution in [-0.4, -0.2) is 16.9 Å². The number of benzene rings is 2. The third kappa shape index (κ3) is 7.40. The summed E-state index contributed by atoms with van der Waals surface area (Å²) in [6.07, 6.45) is 15.0. The molecule has 0 saturated heterocycles. The van der Waals surface area contributed by atoms with Crippen LogP contribution in [0.2, 0.25) is 0 Å². The summed E-state index contributed by atoms with van der Waals surface area (Å²) in [5.74, 6) is 0.670. The van der Waals surface area contributed by atoms with E-state index in [1.807, 2.05) is 30.3 Å². The Balaban J connectivity index is 1.56. The zero-order valence-electron chi connectivity index (χ0n) is 21.7. The lowest BCUT2D eigenvalue weighted by Crippen LogP contribution is -2.35. The van der Waals surface area contributed by atoms with E-state index in [1.165, 1.54) is 63.4 Å². The van der Waals surface area contributed by atoms with E-state index in [2.05, 4.69) is 43.4 Å². The average Bonchev–Trinajstić information content (AvgIpc) is 2.85. The van der Waals surface area contributed by atoms with Crippen LogP contribution >= 0.6 is 0 Å². The highest BCUT2D eigenvalue weighted by Crippen LogP contribution is 2.26. The highest BCUT2D eigenvalue weighted by molar-refractivity contribution is 6.07. The summed E-state index contributed by atoms with van der Waals surface area (Å²) >= 11 is 0. The Morgan fingerprint density at radius 3 is 2.09 bits per heavy atom. The van der Waals surface area contributed by atoms with E-state index < -0.39 is 0 Å². The van der Waals surface area contributed by atoms with E-state index in [-0.39, 0.29) is 11.9 Å². The summed E-state index contributed by atoms with van der Waals surface area (Å²) in [5, 5.41) is 4.35. The Bertz CT molecular complexity index is 1070. The molecule has 3 heteroatoms. The molecule has 35 heavy (non-hydrogen) atoms. The van der Waals surface area contributed by atoms with Gasteiger partial charge in [-0.2, -0.15) is 0 Å². The number of hydrogen-bond donors (Lipinski definition) is 1. The molecule has 0 spiro atoms. The second kappa shape index (κ2) is 12.9. The van der Waals surface area contributed by atoms with Crippen LogP contribution in [0.4, 0.5) is 0 Å². The van der Waals surface area contributed by atoms with Crippen molar-refractivity contribution in [2.24, 2.45) is 5.92 Å². The lowest BCUT2D eigenvalue weighted by atomic mass is 9.97. The summed E-state index contributed by atoms with van der Waals surface area (Å²) in [5.41, 5.74) is 4.88. The lowest BCUT2D eigenvalue weighted by Gasteiger charge is -2.20. The first-order valence-corrected chi connectivity index (χ1v) is 13.9. The normalized spacial score (nSPS) is 16.5. The lowest BCUT2D eigenvalue weighted by molar-refractivity contribution is 0.0933. The molecule has 1 aliphatic carbocycles. The van der Waals surface area contributed by atoms with E-state index in [4.69, 9.17) is 4.98 Å². The summed E-state index contributed by atoms with van der Waals surface area (Å²) in [6.45, 7) is 4.48. The Morgan fingerprint density at radius 2 is 1.46 bits per heavy atom. The predicted octanol–water partition coefficient (Wildman–Crippen LogP) is 8.50. The first-order valence-electron chi connectivity index (χ1n) is 13.9. The van der Waals surface area contributed by atoms with Gasteiger partial charge in [0, 0.05) is 17.0 Å². The number of para-hydroxylation sites is 1. The van der Waals surface area contributed by atoms with Gasteiger partial charge in [0.2, 0.25) is 0 Å². The number of aromatic nitrogens is 1. The highest BCUT2D eigenvalue weighted by Gasteiger charge is 2.18. The number of rotatable bonds is 5. The van der Waals surface area contributed by atoms with Crippen LogP contribution in [0.5, 0.6) is 0 Å². The molecule has 1 amide bonds. The molecule has 3 aromatic rings. The van der Waals surface area contributed by atoms with E-state index in [0.717, 1.165) is 47.0 Å². The molecule has 0 atom stereocenters. The van der Waals surface area contributed by atoms with Gasteiger partial charge in [-0.1, -0.05) is 114 Å². The first kappa shape index (κ1) is 25.4. The van der Waals surface area contributed by atoms with Gasteiger partial charge >= 0.3 is 0 Å². The molecule has 1 aliphatic rings. The summed E-state index contributed by atoms with van der Waals surface area (Å²) < 4.78 is 0. The maximum atomic E-state index is 13.6. The number of carbonyl (C=O) groups excluding carboxylic acids is 1. The highest BCUT2D eigenvalue weighted by atomic mass is 16.1. The zero-order valence-corrected chi connectivity index (χ0v) is 21.7. The van der Waals surface area contributed by atoms with Gasteiger partial charge in [-0.3, -0.25) is 4.79 Å². The molecule has 0 radical (unpaired) electrons. The molecular formula is C32H42N2O. The van der Waals surface area contributed by atoms with Crippen molar-refractivity contribution in [2.45, 2.75) is 96.9 Å². The molecule has 2 aromatic carbocycles. The number of fused-ring (bicyclic) bond motifs is 1. The van der Waals surface area contributed by atoms with Crippen LogP contribution in [0.3, 0.4) is 0 Å². The van der Waals surface area contributed by atoms with Crippen LogP contribution in [0.1, 0.15) is 100 Å². The second-order valence-electron chi connectivity index (χ2n) is 10.8. The summed E-state index contributed by atoms with van der Waals surface area (Å²) in [4.78, 5) is 18.5. The Morgan fingerprint density at radius 1 is 0.857 bits per heavy atom. The quantitative estimate of drug-likeness (QED) is 0.406. The largest absolute Gasteiger partial charge is 0.349 e. The third-order valence-corrected chi connectivity index (χ3v) is 7.29. The number of carbonyl (C=O) groups is 1. The number of nitrogens with zero attached hydrogens (tertiary/aromatic N) is 1. The molecular weight excluding hydrogens is 428 g/mol. The summed E-state index contributed by atoms with van der Waals surface area (Å²) in [6, 6.07) is 18.9. The zero-order chi connectivity index (χ0) is 24.5. The minimum atomic E-state index is 0.0402. The topological polar surface area (TPSA) is 42.0 Å². The van der Waals surface area contributed by atoms with Crippen LogP contribution in [0, 0.1) is 5.92 Å². The average molecular weight is 471 g/mol. The maximum absolute atomic E-state index is 13.6. The second-order valence-corrected chi connectivity index (χ2v) is 10.8. The standard InChI is InChI=1S/C32H42N2O/c1-24(2)22-25-18-20-26(21-19-25)31-23-29(28-16-12-13-17-30(28)34-31)32(35)33-27-14-10-8-6-4-3-5-7-9-11-15-27/h12-13,16-21,23-24,27H,3-11,14-15,22H2,1-2H3,(H,33,35). The fraction of sp³-hybridized carbons (Fsp3) is 0.500. The number of amides is 1. The number of hydrogen-bond acceptors (Lipinski definition) is 2. The monoisotopic (exact) mass is 470 g/mol. The molecule has 4 rings (SSSR count). The Labute approximate surface area is 211 Å². The summed E-state index contributed by atoms with van der Waals surface area (Å²) in [7, 11) is 0. The number of nitrogens with one attached hydrogen (secondary N) is 1. The van der Waals surface area contributed by atoms with Crippen LogP contribution < -0.4 is 5.32 Å². The van der Waals surface area contributed by atoms with Crippen molar-refractivity contribution in [1.29, 1.82) is 0 Å². The van der Waals surface area contributed by atoms with Crippen LogP contribution in [0.25, 0.3) is 22.2 Å². The molecule has 3 nitrogen and oxygen atoms in total. The van der Waals surface area contributed by atoms with Crippen molar-refractivity contribution >= 4 is 16.8 Å². The minimum Gasteiger partial charge on any atom is -0.349 e. The van der Waals surface area contributed by atoms with Crippen molar-refractivity contribution in [3.8, 4) is 11.3 Å². The van der Waals surface area contributed by atoms with Crippen LogP contribution in [-0.2, 0) is 6.42 Å². The predicted molar refractivity (Wildman–Crippen MR) is 148 cm³/mol. The van der Waals surface area contributed by atoms with Crippen molar-refractivity contribution in [3.63, 3.8) is 0 Å². The van der Waals surface area contributed by atoms with Crippen molar-refractivity contribution < 1.29 is 4.79 Å². The molecule has 0 bridgehead atoms. The van der Waals surface area contributed by atoms with Gasteiger partial charge in [0.15, 0.2) is 0 Å². The third-order valence-electron chi connectivity index (χ3n) is 7.29. The maximum Gasteiger partial charge on any atom is 0.252 e. The number of pyridine rings is 1. The van der Waals surface area contributed by atoms with Gasteiger partial charge in [-0.25, -0.2) is 4.98 Å². The van der Waals surface area contributed by atoms with Gasteiger partial charge in [0.05, 0.1) is 16.8 Å². The van der Waals surface area contributed by atoms with Gasteiger partial charge in [-0.15, -0.1) is 0 Å².